The molecule has 1 amide bonds. The molecule has 102 valence electrons. The molecule has 1 aromatic rings. The zero-order chi connectivity index (χ0) is 12.3. The smallest absolute Gasteiger partial charge is 0.244 e. The number of amides is 1. The molecule has 18 heavy (non-hydrogen) atoms. The van der Waals surface area contributed by atoms with Crippen LogP contribution in [0.15, 0.2) is 12.4 Å². The summed E-state index contributed by atoms with van der Waals surface area (Å²) in [5, 5.41) is 10.4. The number of carbonyl (C=O) groups is 1. The van der Waals surface area contributed by atoms with Gasteiger partial charge in [0, 0.05) is 12.7 Å². The second kappa shape index (κ2) is 6.20. The highest BCUT2D eigenvalue weighted by atomic mass is 35.5. The summed E-state index contributed by atoms with van der Waals surface area (Å²) in [7, 11) is 0. The first-order chi connectivity index (χ1) is 8.14. The lowest BCUT2D eigenvalue weighted by Gasteiger charge is -2.33. The Morgan fingerprint density at radius 2 is 2.39 bits per heavy atom. The number of aryl methyl sites for hydroxylation is 1. The van der Waals surface area contributed by atoms with Crippen molar-refractivity contribution in [1.82, 2.24) is 15.1 Å². The fraction of sp³-hybridized carbons (Fsp3) is 0.667. The third-order valence-electron chi connectivity index (χ3n) is 3.33. The monoisotopic (exact) mass is 272 g/mol. The topological polar surface area (TPSA) is 59.0 Å². The summed E-state index contributed by atoms with van der Waals surface area (Å²) in [6, 6.07) is 0. The molecule has 0 aromatic carbocycles. The van der Waals surface area contributed by atoms with E-state index < -0.39 is 5.54 Å². The number of anilines is 1. The van der Waals surface area contributed by atoms with Crippen LogP contribution in [0.5, 0.6) is 0 Å². The van der Waals surface area contributed by atoms with Gasteiger partial charge in [-0.2, -0.15) is 5.10 Å². The molecule has 2 N–H and O–H groups in total. The van der Waals surface area contributed by atoms with Crippen LogP contribution in [0.25, 0.3) is 0 Å². The van der Waals surface area contributed by atoms with E-state index >= 15 is 0 Å². The highest BCUT2D eigenvalue weighted by Crippen LogP contribution is 2.20. The maximum absolute atomic E-state index is 12.2. The van der Waals surface area contributed by atoms with Gasteiger partial charge in [-0.1, -0.05) is 0 Å². The minimum atomic E-state index is -0.438. The molecule has 1 aliphatic rings. The first-order valence-corrected chi connectivity index (χ1v) is 6.23. The van der Waals surface area contributed by atoms with Gasteiger partial charge in [-0.15, -0.1) is 12.4 Å². The Hall–Kier alpha value is -1.07. The predicted octanol–water partition coefficient (Wildman–Crippen LogP) is 1.80. The van der Waals surface area contributed by atoms with E-state index in [0.29, 0.717) is 0 Å². The molecule has 0 radical (unpaired) electrons. The number of aromatic nitrogens is 2. The van der Waals surface area contributed by atoms with Gasteiger partial charge in [-0.05, 0) is 39.7 Å². The quantitative estimate of drug-likeness (QED) is 0.882. The summed E-state index contributed by atoms with van der Waals surface area (Å²) in [5.74, 6) is 0.0350. The van der Waals surface area contributed by atoms with E-state index in [-0.39, 0.29) is 18.3 Å². The molecule has 0 aliphatic carbocycles. The maximum Gasteiger partial charge on any atom is 0.244 e. The van der Waals surface area contributed by atoms with Gasteiger partial charge in [0.15, 0.2) is 0 Å². The summed E-state index contributed by atoms with van der Waals surface area (Å²) >= 11 is 0. The Labute approximate surface area is 114 Å². The number of hydrogen-bond acceptors (Lipinski definition) is 3. The lowest BCUT2D eigenvalue weighted by Crippen LogP contribution is -2.54. The first kappa shape index (κ1) is 15.0. The zero-order valence-electron chi connectivity index (χ0n) is 10.9. The van der Waals surface area contributed by atoms with Crippen LogP contribution in [0.2, 0.25) is 0 Å². The lowest BCUT2D eigenvalue weighted by molar-refractivity contribution is -0.122. The van der Waals surface area contributed by atoms with Crippen molar-refractivity contribution in [1.29, 1.82) is 0 Å². The fourth-order valence-corrected chi connectivity index (χ4v) is 2.12. The molecule has 5 nitrogen and oxygen atoms in total. The Morgan fingerprint density at radius 3 is 2.94 bits per heavy atom. The fourth-order valence-electron chi connectivity index (χ4n) is 2.12. The van der Waals surface area contributed by atoms with Gasteiger partial charge >= 0.3 is 0 Å². The number of rotatable bonds is 3. The highest BCUT2D eigenvalue weighted by Gasteiger charge is 2.34. The van der Waals surface area contributed by atoms with Crippen molar-refractivity contribution >= 4 is 24.0 Å². The number of hydrogen-bond donors (Lipinski definition) is 2. The van der Waals surface area contributed by atoms with E-state index in [1.54, 1.807) is 10.9 Å². The van der Waals surface area contributed by atoms with Crippen LogP contribution in [-0.4, -0.2) is 27.8 Å². The Morgan fingerprint density at radius 1 is 1.61 bits per heavy atom. The van der Waals surface area contributed by atoms with Crippen LogP contribution in [0.4, 0.5) is 5.69 Å². The molecule has 1 unspecified atom stereocenters. The number of piperidine rings is 1. The van der Waals surface area contributed by atoms with Crippen molar-refractivity contribution < 1.29 is 4.79 Å². The molecule has 0 bridgehead atoms. The summed E-state index contributed by atoms with van der Waals surface area (Å²) in [4.78, 5) is 12.2. The van der Waals surface area contributed by atoms with Crippen molar-refractivity contribution in [3.63, 3.8) is 0 Å². The van der Waals surface area contributed by atoms with Crippen molar-refractivity contribution in [3.8, 4) is 0 Å². The average molecular weight is 273 g/mol. The third kappa shape index (κ3) is 3.23. The number of nitrogens with one attached hydrogen (secondary N) is 2. The SMILES string of the molecule is CCn1cc(NC(=O)C2(C)CCCCN2)cn1.Cl. The van der Waals surface area contributed by atoms with Crippen LogP contribution >= 0.6 is 12.4 Å². The molecular weight excluding hydrogens is 252 g/mol. The molecular formula is C12H21ClN4O. The van der Waals surface area contributed by atoms with Crippen LogP contribution in [0.3, 0.4) is 0 Å². The van der Waals surface area contributed by atoms with Gasteiger partial charge in [0.25, 0.3) is 0 Å². The van der Waals surface area contributed by atoms with Crippen molar-refractivity contribution in [2.24, 2.45) is 0 Å². The van der Waals surface area contributed by atoms with E-state index in [9.17, 15) is 4.79 Å². The van der Waals surface area contributed by atoms with Crippen molar-refractivity contribution in [2.45, 2.75) is 45.2 Å². The van der Waals surface area contributed by atoms with Gasteiger partial charge in [0.1, 0.15) is 0 Å². The molecule has 0 spiro atoms. The normalized spacial score (nSPS) is 23.2. The molecule has 1 fully saturated rings. The molecule has 2 heterocycles. The van der Waals surface area contributed by atoms with E-state index in [1.165, 1.54) is 0 Å². The first-order valence-electron chi connectivity index (χ1n) is 6.23. The van der Waals surface area contributed by atoms with Gasteiger partial charge in [-0.25, -0.2) is 0 Å². The van der Waals surface area contributed by atoms with Gasteiger partial charge in [0.2, 0.25) is 5.91 Å². The summed E-state index contributed by atoms with van der Waals surface area (Å²) in [6.07, 6.45) is 6.68. The van der Waals surface area contributed by atoms with E-state index in [4.69, 9.17) is 0 Å². The van der Waals surface area contributed by atoms with E-state index in [2.05, 4.69) is 15.7 Å². The molecule has 1 saturated heterocycles. The van der Waals surface area contributed by atoms with Crippen LogP contribution in [0, 0.1) is 0 Å². The second-order valence-corrected chi connectivity index (χ2v) is 4.75. The molecule has 1 aliphatic heterocycles. The standard InChI is InChI=1S/C12H20N4O.ClH/c1-3-16-9-10(8-14-16)15-11(17)12(2)6-4-5-7-13-12;/h8-9,13H,3-7H2,1-2H3,(H,15,17);1H. The molecule has 6 heteroatoms. The Bertz CT molecular complexity index is 399. The maximum atomic E-state index is 12.2. The third-order valence-corrected chi connectivity index (χ3v) is 3.33. The lowest BCUT2D eigenvalue weighted by atomic mass is 9.90. The highest BCUT2D eigenvalue weighted by molar-refractivity contribution is 5.97. The second-order valence-electron chi connectivity index (χ2n) is 4.75. The molecule has 2 rings (SSSR count). The predicted molar refractivity (Wildman–Crippen MR) is 74.0 cm³/mol. The van der Waals surface area contributed by atoms with Gasteiger partial charge in [-0.3, -0.25) is 9.48 Å². The zero-order valence-corrected chi connectivity index (χ0v) is 11.7. The van der Waals surface area contributed by atoms with Crippen molar-refractivity contribution in [2.75, 3.05) is 11.9 Å². The van der Waals surface area contributed by atoms with Crippen LogP contribution in [0.1, 0.15) is 33.1 Å². The van der Waals surface area contributed by atoms with Crippen LogP contribution in [-0.2, 0) is 11.3 Å². The van der Waals surface area contributed by atoms with Crippen molar-refractivity contribution in [3.05, 3.63) is 12.4 Å². The Kier molecular flexibility index (Phi) is 5.16. The Balaban J connectivity index is 0.00000162. The number of carbonyl (C=O) groups excluding carboxylic acids is 1. The number of nitrogens with zero attached hydrogens (tertiary/aromatic N) is 2. The van der Waals surface area contributed by atoms with E-state index in [0.717, 1.165) is 38.0 Å². The molecule has 1 atom stereocenters. The molecule has 1 aromatic heterocycles. The van der Waals surface area contributed by atoms with Gasteiger partial charge in [0.05, 0.1) is 17.4 Å². The minimum Gasteiger partial charge on any atom is -0.322 e. The summed E-state index contributed by atoms with van der Waals surface area (Å²) in [5.41, 5.74) is 0.331. The van der Waals surface area contributed by atoms with E-state index in [1.807, 2.05) is 20.0 Å². The van der Waals surface area contributed by atoms with Gasteiger partial charge < -0.3 is 10.6 Å². The average Bonchev–Trinajstić information content (AvgIpc) is 2.78. The largest absolute Gasteiger partial charge is 0.322 e. The molecule has 0 saturated carbocycles. The number of halogens is 1. The summed E-state index contributed by atoms with van der Waals surface area (Å²) in [6.45, 7) is 5.71. The van der Waals surface area contributed by atoms with Crippen LogP contribution < -0.4 is 10.6 Å². The minimum absolute atomic E-state index is 0. The summed E-state index contributed by atoms with van der Waals surface area (Å²) < 4.78 is 1.80.